The summed E-state index contributed by atoms with van der Waals surface area (Å²) < 4.78 is 5.55. The summed E-state index contributed by atoms with van der Waals surface area (Å²) in [6.07, 6.45) is 0.921. The Bertz CT molecular complexity index is 1400. The Balaban J connectivity index is 1.56. The van der Waals surface area contributed by atoms with E-state index in [9.17, 15) is 14.4 Å². The number of methoxy groups -OCH3 is 1. The maximum Gasteiger partial charge on any atom is 0.246 e. The van der Waals surface area contributed by atoms with E-state index in [1.165, 1.54) is 0 Å². The molecule has 3 amide bonds. The number of ether oxygens (including phenoxy) is 1. The Hall–Kier alpha value is -4.17. The van der Waals surface area contributed by atoms with Gasteiger partial charge in [0.05, 0.1) is 25.2 Å². The van der Waals surface area contributed by atoms with Crippen molar-refractivity contribution in [2.45, 2.75) is 63.8 Å². The highest BCUT2D eigenvalue weighted by Gasteiger charge is 2.55. The van der Waals surface area contributed by atoms with Crippen LogP contribution in [0.2, 0.25) is 0 Å². The van der Waals surface area contributed by atoms with Gasteiger partial charge in [0, 0.05) is 6.42 Å². The number of nitrogens with one attached hydrogen (secondary N) is 3. The number of carbonyl (C=O) groups is 3. The van der Waals surface area contributed by atoms with Crippen molar-refractivity contribution in [2.75, 3.05) is 14.2 Å². The largest absolute Gasteiger partial charge is 0.497 e. The second-order valence-electron chi connectivity index (χ2n) is 12.0. The van der Waals surface area contributed by atoms with E-state index in [1.54, 1.807) is 26.0 Å². The molecule has 3 aromatic carbocycles. The van der Waals surface area contributed by atoms with Gasteiger partial charge < -0.3 is 25.6 Å². The molecule has 2 aliphatic heterocycles. The second kappa shape index (κ2) is 12.0. The van der Waals surface area contributed by atoms with E-state index < -0.39 is 29.6 Å². The first-order valence-corrected chi connectivity index (χ1v) is 14.5. The Morgan fingerprint density at radius 3 is 2.17 bits per heavy atom. The van der Waals surface area contributed by atoms with Crippen molar-refractivity contribution in [2.24, 2.45) is 5.41 Å². The third-order valence-corrected chi connectivity index (χ3v) is 8.71. The zero-order valence-corrected chi connectivity index (χ0v) is 24.9. The lowest BCUT2D eigenvalue weighted by Gasteiger charge is -2.35. The Morgan fingerprint density at radius 2 is 1.60 bits per heavy atom. The minimum Gasteiger partial charge on any atom is -0.497 e. The van der Waals surface area contributed by atoms with Crippen molar-refractivity contribution in [3.05, 3.63) is 101 Å². The molecule has 1 fully saturated rings. The van der Waals surface area contributed by atoms with E-state index in [-0.39, 0.29) is 23.8 Å². The van der Waals surface area contributed by atoms with Crippen molar-refractivity contribution < 1.29 is 19.1 Å². The lowest BCUT2D eigenvalue weighted by molar-refractivity contribution is -0.145. The number of nitrogens with zero attached hydrogens (tertiary/aromatic N) is 1. The van der Waals surface area contributed by atoms with Crippen molar-refractivity contribution in [1.82, 2.24) is 20.9 Å². The molecule has 3 aromatic rings. The summed E-state index contributed by atoms with van der Waals surface area (Å²) in [7, 11) is 3.32. The first-order valence-electron chi connectivity index (χ1n) is 14.5. The molecule has 2 heterocycles. The summed E-state index contributed by atoms with van der Waals surface area (Å²) in [5.41, 5.74) is 3.27. The van der Waals surface area contributed by atoms with Crippen LogP contribution in [0.4, 0.5) is 0 Å². The minimum absolute atomic E-state index is 0.228. The van der Waals surface area contributed by atoms with Gasteiger partial charge >= 0.3 is 0 Å². The lowest BCUT2D eigenvalue weighted by atomic mass is 9.81. The average Bonchev–Trinajstić information content (AvgIpc) is 3.24. The molecule has 2 unspecified atom stereocenters. The minimum atomic E-state index is -0.811. The van der Waals surface area contributed by atoms with Crippen LogP contribution >= 0.6 is 0 Å². The molecular formula is C34H40N4O4. The third-order valence-electron chi connectivity index (χ3n) is 8.71. The van der Waals surface area contributed by atoms with E-state index in [4.69, 9.17) is 4.74 Å². The standard InChI is InChI=1S/C34H40N4O4/c1-21(35-4)31(39)36-27-18-24-16-17-25(42-5)19-26(24)28-20-34(2,3)30(38(28)33(27)41)32(40)37-29(22-12-8-6-9-13-22)23-14-10-7-11-15-23/h6-17,19,21,27-30,35H,18,20H2,1-5H3,(H,36,39)(H,37,40)/t21?,27-,28+,30?/m0/s1. The van der Waals surface area contributed by atoms with Gasteiger partial charge in [-0.25, -0.2) is 0 Å². The molecule has 220 valence electrons. The average molecular weight is 569 g/mol. The van der Waals surface area contributed by atoms with E-state index in [0.29, 0.717) is 18.6 Å². The molecule has 3 N–H and O–H groups in total. The highest BCUT2D eigenvalue weighted by molar-refractivity contribution is 5.95. The van der Waals surface area contributed by atoms with Crippen LogP contribution in [0.1, 0.15) is 61.5 Å². The van der Waals surface area contributed by atoms with Gasteiger partial charge in [-0.05, 0) is 60.2 Å². The van der Waals surface area contributed by atoms with E-state index in [1.807, 2.05) is 92.7 Å². The number of hydrogen-bond acceptors (Lipinski definition) is 5. The number of amides is 3. The summed E-state index contributed by atoms with van der Waals surface area (Å²) in [6, 6.07) is 22.7. The summed E-state index contributed by atoms with van der Waals surface area (Å²) in [4.78, 5) is 43.5. The van der Waals surface area contributed by atoms with Crippen molar-refractivity contribution in [1.29, 1.82) is 0 Å². The van der Waals surface area contributed by atoms with Gasteiger partial charge in [0.1, 0.15) is 17.8 Å². The molecule has 0 aromatic heterocycles. The summed E-state index contributed by atoms with van der Waals surface area (Å²) >= 11 is 0. The van der Waals surface area contributed by atoms with E-state index in [0.717, 1.165) is 22.3 Å². The number of benzene rings is 3. The maximum atomic E-state index is 14.4. The van der Waals surface area contributed by atoms with Gasteiger partial charge in [-0.2, -0.15) is 0 Å². The number of rotatable bonds is 8. The first kappa shape index (κ1) is 29.3. The summed E-state index contributed by atoms with van der Waals surface area (Å²) in [6.45, 7) is 5.83. The number of likely N-dealkylation sites (N-methyl/N-ethyl adjacent to an activating group) is 1. The summed E-state index contributed by atoms with van der Waals surface area (Å²) in [5, 5.41) is 9.20. The summed E-state index contributed by atoms with van der Waals surface area (Å²) in [5.74, 6) is -0.0644. The molecule has 0 spiro atoms. The topological polar surface area (TPSA) is 99.8 Å². The second-order valence-corrected chi connectivity index (χ2v) is 12.0. The molecule has 42 heavy (non-hydrogen) atoms. The smallest absolute Gasteiger partial charge is 0.246 e. The van der Waals surface area contributed by atoms with Gasteiger partial charge in [-0.1, -0.05) is 80.6 Å². The molecule has 4 atom stereocenters. The molecule has 5 rings (SSSR count). The zero-order chi connectivity index (χ0) is 30.0. The number of carbonyl (C=O) groups excluding carboxylic acids is 3. The zero-order valence-electron chi connectivity index (χ0n) is 24.9. The molecule has 0 aliphatic carbocycles. The fourth-order valence-electron chi connectivity index (χ4n) is 6.38. The van der Waals surface area contributed by atoms with Crippen LogP contribution in [0.25, 0.3) is 0 Å². The molecule has 8 nitrogen and oxygen atoms in total. The van der Waals surface area contributed by atoms with Crippen LogP contribution < -0.4 is 20.7 Å². The fraction of sp³-hybridized carbons (Fsp3) is 0.382. The Morgan fingerprint density at radius 1 is 0.976 bits per heavy atom. The molecule has 1 saturated heterocycles. The fourth-order valence-corrected chi connectivity index (χ4v) is 6.38. The monoisotopic (exact) mass is 568 g/mol. The third kappa shape index (κ3) is 5.63. The van der Waals surface area contributed by atoms with Crippen molar-refractivity contribution in [3.63, 3.8) is 0 Å². The predicted molar refractivity (Wildman–Crippen MR) is 162 cm³/mol. The Labute approximate surface area is 247 Å². The highest BCUT2D eigenvalue weighted by Crippen LogP contribution is 2.50. The van der Waals surface area contributed by atoms with Crippen LogP contribution in [0, 0.1) is 5.41 Å². The van der Waals surface area contributed by atoms with Crippen molar-refractivity contribution >= 4 is 17.7 Å². The molecular weight excluding hydrogens is 528 g/mol. The van der Waals surface area contributed by atoms with E-state index >= 15 is 0 Å². The normalized spacial score (nSPS) is 21.6. The maximum absolute atomic E-state index is 14.4. The highest BCUT2D eigenvalue weighted by atomic mass is 16.5. The van der Waals surface area contributed by atoms with Gasteiger partial charge in [-0.15, -0.1) is 0 Å². The lowest BCUT2D eigenvalue weighted by Crippen LogP contribution is -2.57. The molecule has 8 heteroatoms. The van der Waals surface area contributed by atoms with Gasteiger partial charge in [0.15, 0.2) is 0 Å². The van der Waals surface area contributed by atoms with Gasteiger partial charge in [0.25, 0.3) is 0 Å². The van der Waals surface area contributed by atoms with Crippen LogP contribution in [-0.4, -0.2) is 54.9 Å². The van der Waals surface area contributed by atoms with Gasteiger partial charge in [-0.3, -0.25) is 14.4 Å². The molecule has 2 aliphatic rings. The predicted octanol–water partition coefficient (Wildman–Crippen LogP) is 3.92. The van der Waals surface area contributed by atoms with Crippen LogP contribution in [0.5, 0.6) is 5.75 Å². The van der Waals surface area contributed by atoms with E-state index in [2.05, 4.69) is 16.0 Å². The molecule has 0 bridgehead atoms. The SMILES string of the molecule is CNC(C)C(=O)N[C@H]1Cc2ccc(OC)cc2[C@H]2CC(C)(C)C(C(=O)NC(c3ccccc3)c3ccccc3)N2C1=O. The number of hydrogen-bond donors (Lipinski definition) is 3. The van der Waals surface area contributed by atoms with Crippen molar-refractivity contribution in [3.8, 4) is 5.75 Å². The number of fused-ring (bicyclic) bond motifs is 3. The van der Waals surface area contributed by atoms with Crippen LogP contribution in [-0.2, 0) is 20.8 Å². The van der Waals surface area contributed by atoms with Crippen LogP contribution in [0.3, 0.4) is 0 Å². The molecule has 0 radical (unpaired) electrons. The Kier molecular flexibility index (Phi) is 8.36. The molecule has 0 saturated carbocycles. The first-order chi connectivity index (χ1) is 20.1. The van der Waals surface area contributed by atoms with Crippen LogP contribution in [0.15, 0.2) is 78.9 Å². The van der Waals surface area contributed by atoms with Gasteiger partial charge in [0.2, 0.25) is 17.7 Å². The quantitative estimate of drug-likeness (QED) is 0.383.